The molecular weight excluding hydrogens is 376 g/mol. The molecule has 1 N–H and O–H groups in total. The molecule has 6 heteroatoms. The van der Waals surface area contributed by atoms with E-state index in [4.69, 9.17) is 4.42 Å². The van der Waals surface area contributed by atoms with Crippen LogP contribution in [0.3, 0.4) is 0 Å². The number of aromatic nitrogens is 1. The van der Waals surface area contributed by atoms with Gasteiger partial charge in [-0.2, -0.15) is 0 Å². The van der Waals surface area contributed by atoms with Crippen molar-refractivity contribution in [1.82, 2.24) is 9.88 Å². The number of carbonyl (C=O) groups excluding carboxylic acids is 1. The lowest BCUT2D eigenvalue weighted by Crippen LogP contribution is -2.31. The Labute approximate surface area is 177 Å². The predicted molar refractivity (Wildman–Crippen MR) is 122 cm³/mol. The quantitative estimate of drug-likeness (QED) is 0.645. The SMILES string of the molecule is Cc1cc2nc(C=CC(=O)Nc3ccc(N4CCC(N(C)C)C4)cc3)oc2cc1C. The van der Waals surface area contributed by atoms with Crippen molar-refractivity contribution in [3.63, 3.8) is 0 Å². The van der Waals surface area contributed by atoms with E-state index in [0.717, 1.165) is 35.4 Å². The van der Waals surface area contributed by atoms with Gasteiger partial charge in [-0.25, -0.2) is 4.98 Å². The van der Waals surface area contributed by atoms with E-state index in [1.807, 2.05) is 38.1 Å². The molecule has 156 valence electrons. The number of likely N-dealkylation sites (N-methyl/N-ethyl adjacent to an activating group) is 1. The highest BCUT2D eigenvalue weighted by Gasteiger charge is 2.23. The fourth-order valence-corrected chi connectivity index (χ4v) is 3.75. The number of hydrogen-bond acceptors (Lipinski definition) is 5. The molecule has 0 spiro atoms. The van der Waals surface area contributed by atoms with Gasteiger partial charge < -0.3 is 19.5 Å². The number of oxazole rings is 1. The Morgan fingerprint density at radius 1 is 1.20 bits per heavy atom. The molecule has 30 heavy (non-hydrogen) atoms. The summed E-state index contributed by atoms with van der Waals surface area (Å²) in [5.74, 6) is 0.205. The van der Waals surface area contributed by atoms with Gasteiger partial charge in [-0.15, -0.1) is 0 Å². The van der Waals surface area contributed by atoms with Crippen LogP contribution in [0.25, 0.3) is 17.2 Å². The van der Waals surface area contributed by atoms with Crippen LogP contribution in [0.5, 0.6) is 0 Å². The van der Waals surface area contributed by atoms with E-state index in [-0.39, 0.29) is 5.91 Å². The number of carbonyl (C=O) groups is 1. The lowest BCUT2D eigenvalue weighted by atomic mass is 10.1. The number of aryl methyl sites for hydroxylation is 2. The van der Waals surface area contributed by atoms with E-state index in [1.165, 1.54) is 23.7 Å². The van der Waals surface area contributed by atoms with Crippen molar-refractivity contribution in [2.45, 2.75) is 26.3 Å². The Balaban J connectivity index is 1.37. The predicted octanol–water partition coefficient (Wildman–Crippen LogP) is 4.24. The molecule has 0 bridgehead atoms. The summed E-state index contributed by atoms with van der Waals surface area (Å²) in [5.41, 5.74) is 5.80. The minimum absolute atomic E-state index is 0.216. The van der Waals surface area contributed by atoms with Gasteiger partial charge in [0, 0.05) is 42.7 Å². The molecule has 1 fully saturated rings. The van der Waals surface area contributed by atoms with Gasteiger partial charge in [-0.1, -0.05) is 0 Å². The third-order valence-electron chi connectivity index (χ3n) is 5.79. The average molecular weight is 405 g/mol. The first-order valence-corrected chi connectivity index (χ1v) is 10.3. The standard InChI is InChI=1S/C24H28N4O2/c1-16-13-21-22(14-17(16)2)30-24(26-21)10-9-23(29)25-18-5-7-19(8-6-18)28-12-11-20(15-28)27(3)4/h5-10,13-14,20H,11-12,15H2,1-4H3,(H,25,29). The Kier molecular flexibility index (Phi) is 5.59. The number of nitrogens with zero attached hydrogens (tertiary/aromatic N) is 3. The van der Waals surface area contributed by atoms with Gasteiger partial charge in [0.25, 0.3) is 0 Å². The molecule has 1 amide bonds. The van der Waals surface area contributed by atoms with Crippen LogP contribution in [0.4, 0.5) is 11.4 Å². The molecule has 1 aliphatic heterocycles. The van der Waals surface area contributed by atoms with Crippen molar-refractivity contribution in [3.8, 4) is 0 Å². The van der Waals surface area contributed by atoms with Crippen LogP contribution in [-0.4, -0.2) is 49.0 Å². The number of rotatable bonds is 5. The fourth-order valence-electron chi connectivity index (χ4n) is 3.75. The van der Waals surface area contributed by atoms with Crippen molar-refractivity contribution in [2.75, 3.05) is 37.4 Å². The summed E-state index contributed by atoms with van der Waals surface area (Å²) in [5, 5.41) is 2.89. The van der Waals surface area contributed by atoms with Crippen molar-refractivity contribution in [3.05, 3.63) is 59.5 Å². The van der Waals surface area contributed by atoms with Gasteiger partial charge in [-0.05, 0) is 81.9 Å². The molecule has 2 heterocycles. The maximum Gasteiger partial charge on any atom is 0.248 e. The number of hydrogen-bond donors (Lipinski definition) is 1. The normalized spacial score (nSPS) is 16.8. The van der Waals surface area contributed by atoms with Crippen LogP contribution in [0.15, 0.2) is 46.9 Å². The topological polar surface area (TPSA) is 61.6 Å². The molecule has 0 aliphatic carbocycles. The highest BCUT2D eigenvalue weighted by atomic mass is 16.3. The summed E-state index contributed by atoms with van der Waals surface area (Å²) in [7, 11) is 4.26. The molecule has 0 saturated carbocycles. The van der Waals surface area contributed by atoms with E-state index in [9.17, 15) is 4.79 Å². The van der Waals surface area contributed by atoms with Crippen molar-refractivity contribution in [2.24, 2.45) is 0 Å². The van der Waals surface area contributed by atoms with Crippen LogP contribution >= 0.6 is 0 Å². The molecule has 2 aromatic carbocycles. The first-order valence-electron chi connectivity index (χ1n) is 10.3. The minimum Gasteiger partial charge on any atom is -0.437 e. The van der Waals surface area contributed by atoms with E-state index >= 15 is 0 Å². The molecule has 1 aliphatic rings. The Morgan fingerprint density at radius 2 is 1.93 bits per heavy atom. The lowest BCUT2D eigenvalue weighted by molar-refractivity contribution is -0.111. The zero-order chi connectivity index (χ0) is 21.3. The van der Waals surface area contributed by atoms with Gasteiger partial charge in [-0.3, -0.25) is 4.79 Å². The molecule has 0 radical (unpaired) electrons. The largest absolute Gasteiger partial charge is 0.437 e. The number of benzene rings is 2. The smallest absolute Gasteiger partial charge is 0.248 e. The second kappa shape index (κ2) is 8.32. The maximum atomic E-state index is 12.3. The minimum atomic E-state index is -0.216. The summed E-state index contributed by atoms with van der Waals surface area (Å²) >= 11 is 0. The Morgan fingerprint density at radius 3 is 2.63 bits per heavy atom. The third-order valence-corrected chi connectivity index (χ3v) is 5.79. The van der Waals surface area contributed by atoms with Gasteiger partial charge >= 0.3 is 0 Å². The van der Waals surface area contributed by atoms with Crippen LogP contribution in [-0.2, 0) is 4.79 Å². The van der Waals surface area contributed by atoms with Crippen molar-refractivity contribution < 1.29 is 9.21 Å². The van der Waals surface area contributed by atoms with E-state index in [0.29, 0.717) is 11.9 Å². The second-order valence-corrected chi connectivity index (χ2v) is 8.18. The zero-order valence-electron chi connectivity index (χ0n) is 18.0. The van der Waals surface area contributed by atoms with Gasteiger partial charge in [0.05, 0.1) is 0 Å². The highest BCUT2D eigenvalue weighted by Crippen LogP contribution is 2.24. The monoisotopic (exact) mass is 404 g/mol. The summed E-state index contributed by atoms with van der Waals surface area (Å²) in [6, 6.07) is 12.6. The average Bonchev–Trinajstić information content (AvgIpc) is 3.35. The van der Waals surface area contributed by atoms with E-state index in [1.54, 1.807) is 6.08 Å². The molecule has 1 unspecified atom stereocenters. The second-order valence-electron chi connectivity index (χ2n) is 8.18. The fraction of sp³-hybridized carbons (Fsp3) is 0.333. The Bertz CT molecular complexity index is 1040. The van der Waals surface area contributed by atoms with Gasteiger partial charge in [0.2, 0.25) is 11.8 Å². The molecule has 1 atom stereocenters. The van der Waals surface area contributed by atoms with Gasteiger partial charge in [0.15, 0.2) is 5.58 Å². The number of amides is 1. The molecule has 1 saturated heterocycles. The summed E-state index contributed by atoms with van der Waals surface area (Å²) in [6.07, 6.45) is 4.21. The maximum absolute atomic E-state index is 12.3. The van der Waals surface area contributed by atoms with E-state index in [2.05, 4.69) is 46.3 Å². The van der Waals surface area contributed by atoms with Crippen molar-refractivity contribution >= 4 is 34.5 Å². The van der Waals surface area contributed by atoms with Crippen LogP contribution in [0.2, 0.25) is 0 Å². The summed E-state index contributed by atoms with van der Waals surface area (Å²) in [6.45, 7) is 6.17. The molecule has 6 nitrogen and oxygen atoms in total. The molecular formula is C24H28N4O2. The first kappa shape index (κ1) is 20.2. The summed E-state index contributed by atoms with van der Waals surface area (Å²) in [4.78, 5) is 21.4. The van der Waals surface area contributed by atoms with E-state index < -0.39 is 0 Å². The molecule has 3 aromatic rings. The van der Waals surface area contributed by atoms with Crippen LogP contribution in [0, 0.1) is 13.8 Å². The van der Waals surface area contributed by atoms with Crippen LogP contribution < -0.4 is 10.2 Å². The number of nitrogens with one attached hydrogen (secondary N) is 1. The summed E-state index contributed by atoms with van der Waals surface area (Å²) < 4.78 is 5.72. The van der Waals surface area contributed by atoms with Gasteiger partial charge in [0.1, 0.15) is 5.52 Å². The third kappa shape index (κ3) is 4.39. The first-order chi connectivity index (χ1) is 14.4. The number of anilines is 2. The highest BCUT2D eigenvalue weighted by molar-refractivity contribution is 6.01. The van der Waals surface area contributed by atoms with Crippen molar-refractivity contribution in [1.29, 1.82) is 0 Å². The zero-order valence-corrected chi connectivity index (χ0v) is 18.0. The molecule has 4 rings (SSSR count). The molecule has 1 aromatic heterocycles. The Hall–Kier alpha value is -3.12. The number of fused-ring (bicyclic) bond motifs is 1. The van der Waals surface area contributed by atoms with Crippen LogP contribution in [0.1, 0.15) is 23.4 Å². The lowest BCUT2D eigenvalue weighted by Gasteiger charge is -2.22.